The van der Waals surface area contributed by atoms with Crippen molar-refractivity contribution in [3.05, 3.63) is 58.9 Å². The van der Waals surface area contributed by atoms with Gasteiger partial charge in [-0.15, -0.1) is 0 Å². The van der Waals surface area contributed by atoms with Crippen LogP contribution in [0.4, 0.5) is 22.0 Å². The Morgan fingerprint density at radius 2 is 1.56 bits per heavy atom. The highest BCUT2D eigenvalue weighted by Crippen LogP contribution is 2.21. The summed E-state index contributed by atoms with van der Waals surface area (Å²) in [7, 11) is 0. The quantitative estimate of drug-likeness (QED) is 0.567. The van der Waals surface area contributed by atoms with E-state index >= 15 is 0 Å². The monoisotopic (exact) mass is 356 g/mol. The number of rotatable bonds is 5. The summed E-state index contributed by atoms with van der Waals surface area (Å²) in [6.45, 7) is -2.24. The average Bonchev–Trinajstić information content (AvgIpc) is 2.54. The van der Waals surface area contributed by atoms with Crippen molar-refractivity contribution in [1.29, 1.82) is 0 Å². The fourth-order valence-electron chi connectivity index (χ4n) is 1.94. The topological polar surface area (TPSA) is 18.5 Å². The first-order valence-electron chi connectivity index (χ1n) is 7.13. The van der Waals surface area contributed by atoms with Crippen LogP contribution in [0.15, 0.2) is 36.4 Å². The highest BCUT2D eigenvalue weighted by molar-refractivity contribution is 5.48. The van der Waals surface area contributed by atoms with Gasteiger partial charge >= 0.3 is 6.61 Å². The van der Waals surface area contributed by atoms with Crippen LogP contribution in [-0.2, 0) is 0 Å². The zero-order valence-corrected chi connectivity index (χ0v) is 13.0. The minimum atomic E-state index is -2.92. The van der Waals surface area contributed by atoms with Gasteiger partial charge in [0.05, 0.1) is 0 Å². The summed E-state index contributed by atoms with van der Waals surface area (Å²) in [5.41, 5.74) is 1.36. The molecular weight excluding hydrogens is 343 g/mol. The third-order valence-corrected chi connectivity index (χ3v) is 3.04. The third-order valence-electron chi connectivity index (χ3n) is 3.04. The Kier molecular flexibility index (Phi) is 6.23. The second-order valence-electron chi connectivity index (χ2n) is 4.96. The summed E-state index contributed by atoms with van der Waals surface area (Å²) in [6.07, 6.45) is -2.72. The van der Waals surface area contributed by atoms with E-state index < -0.39 is 25.5 Å². The van der Waals surface area contributed by atoms with Crippen LogP contribution in [0.3, 0.4) is 0 Å². The molecule has 0 atom stereocenters. The molecule has 0 aliphatic rings. The van der Waals surface area contributed by atoms with Gasteiger partial charge in [-0.3, -0.25) is 0 Å². The van der Waals surface area contributed by atoms with Crippen LogP contribution in [0.5, 0.6) is 11.5 Å². The molecule has 0 amide bonds. The third kappa shape index (κ3) is 5.68. The molecule has 0 spiro atoms. The van der Waals surface area contributed by atoms with Crippen molar-refractivity contribution in [2.75, 3.05) is 6.61 Å². The van der Waals surface area contributed by atoms with E-state index in [-0.39, 0.29) is 11.5 Å². The second kappa shape index (κ2) is 8.38. The predicted octanol–water partition coefficient (Wildman–Crippen LogP) is 4.78. The van der Waals surface area contributed by atoms with Gasteiger partial charge < -0.3 is 9.47 Å². The largest absolute Gasteiger partial charge is 0.485 e. The summed E-state index contributed by atoms with van der Waals surface area (Å²) >= 11 is 0. The number of aryl methyl sites for hydroxylation is 1. The van der Waals surface area contributed by atoms with E-state index in [9.17, 15) is 22.0 Å². The Labute approximate surface area is 141 Å². The number of alkyl halides is 4. The first kappa shape index (κ1) is 18.6. The van der Waals surface area contributed by atoms with Gasteiger partial charge in [0.2, 0.25) is 0 Å². The molecule has 0 aliphatic heterocycles. The van der Waals surface area contributed by atoms with E-state index in [0.717, 1.165) is 6.07 Å². The van der Waals surface area contributed by atoms with Crippen molar-refractivity contribution in [2.24, 2.45) is 0 Å². The molecule has 0 N–H and O–H groups in total. The lowest BCUT2D eigenvalue weighted by Gasteiger charge is -2.07. The first-order valence-corrected chi connectivity index (χ1v) is 7.13. The zero-order valence-electron chi connectivity index (χ0n) is 13.0. The number of hydrogen-bond acceptors (Lipinski definition) is 2. The molecule has 2 nitrogen and oxygen atoms in total. The fraction of sp³-hybridized carbons (Fsp3) is 0.222. The Bertz CT molecular complexity index is 794. The van der Waals surface area contributed by atoms with E-state index in [0.29, 0.717) is 16.7 Å². The first-order chi connectivity index (χ1) is 11.8. The molecule has 7 heteroatoms. The predicted molar refractivity (Wildman–Crippen MR) is 81.7 cm³/mol. The maximum Gasteiger partial charge on any atom is 0.387 e. The Morgan fingerprint density at radius 1 is 0.920 bits per heavy atom. The molecule has 2 rings (SSSR count). The van der Waals surface area contributed by atoms with Crippen LogP contribution in [0.1, 0.15) is 16.7 Å². The highest BCUT2D eigenvalue weighted by Gasteiger charge is 2.09. The molecule has 2 aromatic rings. The van der Waals surface area contributed by atoms with Crippen molar-refractivity contribution >= 4 is 0 Å². The Hall–Kier alpha value is -2.75. The smallest absolute Gasteiger partial charge is 0.387 e. The van der Waals surface area contributed by atoms with Gasteiger partial charge in [-0.1, -0.05) is 11.8 Å². The molecule has 0 heterocycles. The summed E-state index contributed by atoms with van der Waals surface area (Å²) in [4.78, 5) is 0. The van der Waals surface area contributed by atoms with E-state index in [1.807, 2.05) is 0 Å². The van der Waals surface area contributed by atoms with Gasteiger partial charge in [-0.05, 0) is 48.9 Å². The van der Waals surface area contributed by atoms with Crippen molar-refractivity contribution in [1.82, 2.24) is 0 Å². The molecule has 0 saturated heterocycles. The molecule has 132 valence electrons. The van der Waals surface area contributed by atoms with Gasteiger partial charge in [0, 0.05) is 11.1 Å². The van der Waals surface area contributed by atoms with Gasteiger partial charge in [0.25, 0.3) is 6.43 Å². The van der Waals surface area contributed by atoms with E-state index in [1.54, 1.807) is 13.0 Å². The molecule has 2 aromatic carbocycles. The summed E-state index contributed by atoms with van der Waals surface area (Å²) in [5, 5.41) is 0. The van der Waals surface area contributed by atoms with Crippen molar-refractivity contribution in [3.8, 4) is 23.3 Å². The van der Waals surface area contributed by atoms with Crippen LogP contribution in [0.25, 0.3) is 0 Å². The SMILES string of the molecule is Cc1cc(C#Cc2ccc(F)c(OCC(F)F)c2)ccc1OC(F)F. The van der Waals surface area contributed by atoms with Crippen molar-refractivity contribution in [3.63, 3.8) is 0 Å². The molecular formula is C18H13F5O2. The van der Waals surface area contributed by atoms with Gasteiger partial charge in [0.1, 0.15) is 12.4 Å². The lowest BCUT2D eigenvalue weighted by atomic mass is 10.1. The maximum atomic E-state index is 13.5. The average molecular weight is 356 g/mol. The van der Waals surface area contributed by atoms with E-state index in [2.05, 4.69) is 21.3 Å². The summed E-state index contributed by atoms with van der Waals surface area (Å²) in [6, 6.07) is 8.07. The highest BCUT2D eigenvalue weighted by atomic mass is 19.3. The molecule has 0 unspecified atom stereocenters. The molecule has 0 bridgehead atoms. The number of hydrogen-bond donors (Lipinski definition) is 0. The van der Waals surface area contributed by atoms with Crippen molar-refractivity contribution < 1.29 is 31.4 Å². The van der Waals surface area contributed by atoms with Gasteiger partial charge in [-0.25, -0.2) is 13.2 Å². The normalized spacial score (nSPS) is 10.6. The minimum Gasteiger partial charge on any atom is -0.485 e. The fourth-order valence-corrected chi connectivity index (χ4v) is 1.94. The molecule has 25 heavy (non-hydrogen) atoms. The molecule has 0 aromatic heterocycles. The lowest BCUT2D eigenvalue weighted by Crippen LogP contribution is -2.08. The van der Waals surface area contributed by atoms with Crippen LogP contribution in [0.2, 0.25) is 0 Å². The zero-order chi connectivity index (χ0) is 18.4. The lowest BCUT2D eigenvalue weighted by molar-refractivity contribution is -0.0502. The molecule has 0 aliphatic carbocycles. The molecule has 0 fully saturated rings. The standard InChI is InChI=1S/C18H13F5O2/c1-11-8-12(5-7-15(11)25-18(22)23)2-3-13-4-6-14(19)16(9-13)24-10-17(20)21/h4-9,17-18H,10H2,1H3. The van der Waals surface area contributed by atoms with Crippen molar-refractivity contribution in [2.45, 2.75) is 20.0 Å². The number of benzene rings is 2. The van der Waals surface area contributed by atoms with Crippen LogP contribution in [-0.4, -0.2) is 19.6 Å². The minimum absolute atomic E-state index is 0.0463. The van der Waals surface area contributed by atoms with E-state index in [4.69, 9.17) is 0 Å². The number of ether oxygens (including phenoxy) is 2. The maximum absolute atomic E-state index is 13.5. The Balaban J connectivity index is 2.18. The van der Waals surface area contributed by atoms with E-state index in [1.165, 1.54) is 24.3 Å². The van der Waals surface area contributed by atoms with Gasteiger partial charge in [0.15, 0.2) is 11.6 Å². The molecule has 0 radical (unpaired) electrons. The van der Waals surface area contributed by atoms with Crippen LogP contribution >= 0.6 is 0 Å². The van der Waals surface area contributed by atoms with Crippen LogP contribution in [0, 0.1) is 24.6 Å². The summed E-state index contributed by atoms with van der Waals surface area (Å²) in [5.74, 6) is 4.47. The van der Waals surface area contributed by atoms with Gasteiger partial charge in [-0.2, -0.15) is 8.78 Å². The Morgan fingerprint density at radius 3 is 2.16 bits per heavy atom. The summed E-state index contributed by atoms with van der Waals surface area (Å²) < 4.78 is 71.2. The second-order valence-corrected chi connectivity index (χ2v) is 4.96. The molecule has 0 saturated carbocycles. The van der Waals surface area contributed by atoms with Crippen LogP contribution < -0.4 is 9.47 Å². The number of halogens is 5.